The topological polar surface area (TPSA) is 117 Å². The van der Waals surface area contributed by atoms with Crippen molar-refractivity contribution in [3.8, 4) is 191 Å². The molecule has 0 saturated carbocycles. The van der Waals surface area contributed by atoms with E-state index in [0.717, 1.165) is 160 Å². The van der Waals surface area contributed by atoms with Crippen LogP contribution in [0, 0.1) is 0 Å². The van der Waals surface area contributed by atoms with Crippen LogP contribution in [0.1, 0.15) is 0 Å². The third kappa shape index (κ3) is 15.4. The first kappa shape index (κ1) is 80.2. The van der Waals surface area contributed by atoms with E-state index in [1.807, 2.05) is 103 Å². The lowest BCUT2D eigenvalue weighted by molar-refractivity contribution is 0.668. The molecule has 0 aliphatic rings. The zero-order valence-corrected chi connectivity index (χ0v) is 73.1. The van der Waals surface area contributed by atoms with Crippen LogP contribution >= 0.6 is 0 Å². The van der Waals surface area contributed by atoms with E-state index in [1.54, 1.807) is 0 Å². The van der Waals surface area contributed by atoms with Crippen LogP contribution in [0.2, 0.25) is 0 Å². The third-order valence-corrected chi connectivity index (χ3v) is 25.5. The first-order valence-corrected chi connectivity index (χ1v) is 45.4. The van der Waals surface area contributed by atoms with Gasteiger partial charge < -0.3 is 13.3 Å². The largest absolute Gasteiger partial charge is 0.456 e. The minimum atomic E-state index is 0.545. The molecule has 0 spiro atoms. The molecular formula is C126H80N6O3. The van der Waals surface area contributed by atoms with Gasteiger partial charge in [-0.15, -0.1) is 0 Å². The molecule has 9 nitrogen and oxygen atoms in total. The Balaban J connectivity index is 0.000000148. The summed E-state index contributed by atoms with van der Waals surface area (Å²) in [5.74, 6) is 3.45. The summed E-state index contributed by atoms with van der Waals surface area (Å²) in [5.41, 5.74) is 35.6. The van der Waals surface area contributed by atoms with Crippen molar-refractivity contribution in [3.63, 3.8) is 0 Å². The summed E-state index contributed by atoms with van der Waals surface area (Å²) < 4.78 is 18.9. The van der Waals surface area contributed by atoms with Crippen molar-refractivity contribution >= 4 is 65.8 Å². The van der Waals surface area contributed by atoms with Crippen molar-refractivity contribution in [2.24, 2.45) is 0 Å². The fourth-order valence-corrected chi connectivity index (χ4v) is 19.1. The van der Waals surface area contributed by atoms with E-state index >= 15 is 0 Å². The van der Waals surface area contributed by atoms with Gasteiger partial charge in [0.25, 0.3) is 0 Å². The third-order valence-electron chi connectivity index (χ3n) is 25.5. The Morgan fingerprint density at radius 2 is 0.281 bits per heavy atom. The second kappa shape index (κ2) is 35.0. The van der Waals surface area contributed by atoms with Crippen molar-refractivity contribution < 1.29 is 13.3 Å². The highest BCUT2D eigenvalue weighted by Gasteiger charge is 2.28. The van der Waals surface area contributed by atoms with Gasteiger partial charge >= 0.3 is 0 Å². The highest BCUT2D eigenvalue weighted by molar-refractivity contribution is 6.12. The summed E-state index contributed by atoms with van der Waals surface area (Å²) in [7, 11) is 0. The number of furan rings is 3. The molecule has 0 radical (unpaired) electrons. The first-order chi connectivity index (χ1) is 66.9. The summed E-state index contributed by atoms with van der Waals surface area (Å²) in [5, 5.41) is 6.38. The Kier molecular flexibility index (Phi) is 20.8. The molecule has 0 amide bonds. The normalized spacial score (nSPS) is 11.4. The van der Waals surface area contributed by atoms with Crippen LogP contribution in [0.15, 0.2) is 499 Å². The van der Waals surface area contributed by atoms with Gasteiger partial charge in [-0.3, -0.25) is 0 Å². The van der Waals surface area contributed by atoms with Crippen LogP contribution in [0.5, 0.6) is 0 Å². The van der Waals surface area contributed by atoms with E-state index in [4.69, 9.17) is 43.2 Å². The molecule has 0 N–H and O–H groups in total. The second-order valence-electron chi connectivity index (χ2n) is 33.8. The molecule has 0 fully saturated rings. The van der Waals surface area contributed by atoms with Gasteiger partial charge in [-0.2, -0.15) is 0 Å². The van der Waals surface area contributed by atoms with Gasteiger partial charge in [0.1, 0.15) is 33.5 Å². The number of para-hydroxylation sites is 3. The summed E-state index contributed by atoms with van der Waals surface area (Å²) in [6, 6.07) is 170. The van der Waals surface area contributed by atoms with Gasteiger partial charge in [-0.1, -0.05) is 419 Å². The van der Waals surface area contributed by atoms with E-state index < -0.39 is 0 Å². The van der Waals surface area contributed by atoms with E-state index in [1.165, 1.54) is 61.2 Å². The highest BCUT2D eigenvalue weighted by atomic mass is 16.3. The zero-order valence-electron chi connectivity index (χ0n) is 73.1. The number of rotatable bonds is 17. The number of benzene rings is 20. The average Bonchev–Trinajstić information content (AvgIpc) is 1.74. The first-order valence-electron chi connectivity index (χ1n) is 45.4. The van der Waals surface area contributed by atoms with E-state index in [-0.39, 0.29) is 0 Å². The van der Waals surface area contributed by atoms with Crippen LogP contribution in [-0.4, -0.2) is 29.9 Å². The Morgan fingerprint density at radius 1 is 0.111 bits per heavy atom. The van der Waals surface area contributed by atoms with Gasteiger partial charge in [0.05, 0.1) is 0 Å². The number of fused-ring (bicyclic) bond motifs is 9. The van der Waals surface area contributed by atoms with Crippen LogP contribution in [0.3, 0.4) is 0 Å². The van der Waals surface area contributed by atoms with Crippen LogP contribution < -0.4 is 0 Å². The van der Waals surface area contributed by atoms with Gasteiger partial charge in [-0.05, 0) is 189 Å². The van der Waals surface area contributed by atoms with Gasteiger partial charge in [0, 0.05) is 65.7 Å². The standard InChI is InChI=1S/C63H39N3O2.C63H41N3O/c1-5-17-40(18-6-1)52-39-53(59(43-21-9-3-10-22-43)60(44-23-11-4-12-24-44)58(52)42-19-7-2-8-20-42)41-29-31-45(32-30-41)61-64-62(46-33-35-50-48-25-13-15-27-54(48)67-56(50)37-46)66-63(65-61)47-34-36-51-49-26-14-16-28-55(49)68-57(51)38-47;1-6-18-44(19-7-1)54-41-55(59(47-22-10-3-11-23-47)60(48-24-12-4-13-25-48)58(54)46-20-8-2-9-21-46)45-34-30-42(31-35-45)43-32-36-50(37-33-43)62-64-61(49-26-14-5-15-27-49)65-63(66-62)51-38-39-53-52-28-16-17-29-56(52)67-57(53)40-51/h1-39H;1-41H. The number of hydrogen-bond donors (Lipinski definition) is 0. The lowest BCUT2D eigenvalue weighted by Gasteiger charge is -2.24. The molecule has 632 valence electrons. The Labute approximate surface area is 779 Å². The summed E-state index contributed by atoms with van der Waals surface area (Å²) >= 11 is 0. The minimum absolute atomic E-state index is 0.545. The monoisotopic (exact) mass is 1720 g/mol. The summed E-state index contributed by atoms with van der Waals surface area (Å²) in [6.07, 6.45) is 0. The molecule has 0 aliphatic heterocycles. The average molecular weight is 1730 g/mol. The van der Waals surface area contributed by atoms with Crippen LogP contribution in [-0.2, 0) is 0 Å². The molecule has 5 aromatic heterocycles. The van der Waals surface area contributed by atoms with Crippen molar-refractivity contribution in [1.82, 2.24) is 29.9 Å². The number of hydrogen-bond acceptors (Lipinski definition) is 9. The SMILES string of the molecule is c1ccc(-c2cc(-c3ccc(-c4nc(-c5ccc6c(c5)oc5ccccc56)nc(-c5ccc6c(c5)oc5ccccc56)n4)cc3)c(-c3ccccc3)c(-c3ccccc3)c2-c2ccccc2)cc1.c1ccc(-c2nc(-c3ccc(-c4ccc(-c5cc(-c6ccccc6)c(-c6ccccc6)c(-c6ccccc6)c5-c5ccccc5)cc4)cc3)nc(-c3ccc4c(c3)oc3ccccc34)n2)cc1. The summed E-state index contributed by atoms with van der Waals surface area (Å²) in [4.78, 5) is 30.6. The molecule has 135 heavy (non-hydrogen) atoms. The van der Waals surface area contributed by atoms with E-state index in [0.29, 0.717) is 34.9 Å². The number of aromatic nitrogens is 6. The fourth-order valence-electron chi connectivity index (χ4n) is 19.1. The molecule has 9 heteroatoms. The molecule has 0 saturated heterocycles. The lowest BCUT2D eigenvalue weighted by atomic mass is 9.79. The maximum Gasteiger partial charge on any atom is 0.164 e. The lowest BCUT2D eigenvalue weighted by Crippen LogP contribution is -2.00. The zero-order chi connectivity index (χ0) is 89.5. The van der Waals surface area contributed by atoms with Gasteiger partial charge in [0.2, 0.25) is 0 Å². The van der Waals surface area contributed by atoms with E-state index in [9.17, 15) is 0 Å². The molecule has 0 aliphatic carbocycles. The predicted molar refractivity (Wildman–Crippen MR) is 554 cm³/mol. The Morgan fingerprint density at radius 3 is 0.541 bits per heavy atom. The predicted octanol–water partition coefficient (Wildman–Crippen LogP) is 33.8. The second-order valence-corrected chi connectivity index (χ2v) is 33.8. The van der Waals surface area contributed by atoms with Crippen LogP contribution in [0.4, 0.5) is 0 Å². The van der Waals surface area contributed by atoms with E-state index in [2.05, 4.69) is 382 Å². The number of nitrogens with zero attached hydrogens (tertiary/aromatic N) is 6. The van der Waals surface area contributed by atoms with Crippen molar-refractivity contribution in [1.29, 1.82) is 0 Å². The Bertz CT molecular complexity index is 8570. The van der Waals surface area contributed by atoms with Crippen LogP contribution in [0.25, 0.3) is 257 Å². The van der Waals surface area contributed by atoms with Crippen molar-refractivity contribution in [2.45, 2.75) is 0 Å². The molecule has 20 aromatic carbocycles. The molecule has 5 heterocycles. The van der Waals surface area contributed by atoms with Gasteiger partial charge in [0.15, 0.2) is 34.9 Å². The molecule has 0 unspecified atom stereocenters. The van der Waals surface area contributed by atoms with Gasteiger partial charge in [-0.25, -0.2) is 29.9 Å². The maximum absolute atomic E-state index is 6.34. The molecular weight excluding hydrogens is 1650 g/mol. The fraction of sp³-hybridized carbons (Fsp3) is 0. The van der Waals surface area contributed by atoms with Crippen molar-refractivity contribution in [2.75, 3.05) is 0 Å². The maximum atomic E-state index is 6.34. The van der Waals surface area contributed by atoms with Crippen molar-refractivity contribution in [3.05, 3.63) is 485 Å². The Hall–Kier alpha value is -18.2. The molecule has 0 bridgehead atoms. The molecule has 25 aromatic rings. The quantitative estimate of drug-likeness (QED) is 0.0878. The summed E-state index contributed by atoms with van der Waals surface area (Å²) in [6.45, 7) is 0. The molecule has 0 atom stereocenters. The molecule has 25 rings (SSSR count). The smallest absolute Gasteiger partial charge is 0.164 e. The minimum Gasteiger partial charge on any atom is -0.456 e. The highest BCUT2D eigenvalue weighted by Crippen LogP contribution is 2.54.